The maximum absolute atomic E-state index is 11.9. The first-order chi connectivity index (χ1) is 12.0. The first kappa shape index (κ1) is 18.8. The van der Waals surface area contributed by atoms with Gasteiger partial charge in [0.1, 0.15) is 18.1 Å². The Labute approximate surface area is 150 Å². The third-order valence-electron chi connectivity index (χ3n) is 3.91. The Bertz CT molecular complexity index is 710. The van der Waals surface area contributed by atoms with Gasteiger partial charge in [0, 0.05) is 0 Å². The molecular formula is C21H27NO3. The Hall–Kier alpha value is -2.49. The molecule has 4 nitrogen and oxygen atoms in total. The van der Waals surface area contributed by atoms with Gasteiger partial charge in [0.25, 0.3) is 5.91 Å². The first-order valence-electron chi connectivity index (χ1n) is 8.66. The molecule has 0 bridgehead atoms. The maximum atomic E-state index is 11.9. The van der Waals surface area contributed by atoms with E-state index in [-0.39, 0.29) is 12.5 Å². The number of carbonyl (C=O) groups is 1. The van der Waals surface area contributed by atoms with Crippen LogP contribution < -0.4 is 14.8 Å². The summed E-state index contributed by atoms with van der Waals surface area (Å²) in [5.41, 5.74) is 3.38. The lowest BCUT2D eigenvalue weighted by molar-refractivity contribution is -0.123. The number of hydrogen-bond donors (Lipinski definition) is 1. The van der Waals surface area contributed by atoms with Crippen LogP contribution in [0.3, 0.4) is 0 Å². The summed E-state index contributed by atoms with van der Waals surface area (Å²) >= 11 is 0. The van der Waals surface area contributed by atoms with E-state index in [4.69, 9.17) is 9.47 Å². The van der Waals surface area contributed by atoms with Crippen molar-refractivity contribution < 1.29 is 14.3 Å². The van der Waals surface area contributed by atoms with E-state index in [0.717, 1.165) is 17.1 Å². The predicted octanol–water partition coefficient (Wildman–Crippen LogP) is 4.00. The third-order valence-corrected chi connectivity index (χ3v) is 3.91. The quantitative estimate of drug-likeness (QED) is 0.738. The monoisotopic (exact) mass is 341 g/mol. The molecule has 0 spiro atoms. The number of hydrogen-bond acceptors (Lipinski definition) is 3. The second-order valence-electron chi connectivity index (χ2n) is 6.45. The summed E-state index contributed by atoms with van der Waals surface area (Å²) in [5, 5.41) is 2.81. The lowest BCUT2D eigenvalue weighted by atomic mass is 10.0. The number of rotatable bonds is 8. The molecule has 0 radical (unpaired) electrons. The highest BCUT2D eigenvalue weighted by atomic mass is 16.5. The van der Waals surface area contributed by atoms with E-state index in [2.05, 4.69) is 25.2 Å². The normalized spacial score (nSPS) is 10.6. The molecule has 0 unspecified atom stereocenters. The van der Waals surface area contributed by atoms with Crippen molar-refractivity contribution in [1.29, 1.82) is 0 Å². The van der Waals surface area contributed by atoms with Crippen LogP contribution in [0.5, 0.6) is 11.5 Å². The summed E-state index contributed by atoms with van der Waals surface area (Å²) < 4.78 is 11.4. The molecule has 0 fully saturated rings. The fourth-order valence-electron chi connectivity index (χ4n) is 2.60. The van der Waals surface area contributed by atoms with Crippen molar-refractivity contribution in [2.75, 3.05) is 19.8 Å². The number of amides is 1. The standard InChI is InChI=1S/C21H27NO3/c1-15(2)18-7-5-6-8-20(18)24-12-11-22-21(23)14-25-19-10-9-16(3)13-17(19)4/h5-10,13,15H,11-12,14H2,1-4H3,(H,22,23). The van der Waals surface area contributed by atoms with Gasteiger partial charge in [-0.15, -0.1) is 0 Å². The Morgan fingerprint density at radius 3 is 2.52 bits per heavy atom. The average Bonchev–Trinajstić information content (AvgIpc) is 2.58. The molecule has 0 aliphatic carbocycles. The van der Waals surface area contributed by atoms with E-state index in [1.165, 1.54) is 11.1 Å². The van der Waals surface area contributed by atoms with Crippen molar-refractivity contribution in [2.24, 2.45) is 0 Å². The molecule has 1 amide bonds. The van der Waals surface area contributed by atoms with Crippen LogP contribution in [0.25, 0.3) is 0 Å². The van der Waals surface area contributed by atoms with Gasteiger partial charge in [0.05, 0.1) is 6.54 Å². The Morgan fingerprint density at radius 2 is 1.80 bits per heavy atom. The van der Waals surface area contributed by atoms with Crippen molar-refractivity contribution in [3.8, 4) is 11.5 Å². The van der Waals surface area contributed by atoms with Gasteiger partial charge in [-0.1, -0.05) is 49.7 Å². The summed E-state index contributed by atoms with van der Waals surface area (Å²) in [6.45, 7) is 9.15. The molecule has 4 heteroatoms. The first-order valence-corrected chi connectivity index (χ1v) is 8.66. The SMILES string of the molecule is Cc1ccc(OCC(=O)NCCOc2ccccc2C(C)C)c(C)c1. The van der Waals surface area contributed by atoms with Gasteiger partial charge in [-0.25, -0.2) is 0 Å². The fraction of sp³-hybridized carbons (Fsp3) is 0.381. The van der Waals surface area contributed by atoms with E-state index in [1.54, 1.807) is 0 Å². The number of aryl methyl sites for hydroxylation is 2. The average molecular weight is 341 g/mol. The van der Waals surface area contributed by atoms with Crippen molar-refractivity contribution in [3.63, 3.8) is 0 Å². The van der Waals surface area contributed by atoms with Crippen LogP contribution in [0.15, 0.2) is 42.5 Å². The molecule has 0 aliphatic rings. The second kappa shape index (κ2) is 9.11. The summed E-state index contributed by atoms with van der Waals surface area (Å²) in [6.07, 6.45) is 0. The number of para-hydroxylation sites is 1. The minimum Gasteiger partial charge on any atom is -0.491 e. The number of ether oxygens (including phenoxy) is 2. The van der Waals surface area contributed by atoms with Gasteiger partial charge >= 0.3 is 0 Å². The summed E-state index contributed by atoms with van der Waals surface area (Å²) in [4.78, 5) is 11.9. The Morgan fingerprint density at radius 1 is 1.04 bits per heavy atom. The number of nitrogens with one attached hydrogen (secondary N) is 1. The van der Waals surface area contributed by atoms with Gasteiger partial charge in [0.15, 0.2) is 6.61 Å². The second-order valence-corrected chi connectivity index (χ2v) is 6.45. The van der Waals surface area contributed by atoms with Gasteiger partial charge in [-0.3, -0.25) is 4.79 Å². The molecule has 0 aromatic heterocycles. The number of benzene rings is 2. The molecule has 25 heavy (non-hydrogen) atoms. The van der Waals surface area contributed by atoms with Crippen LogP contribution in [0, 0.1) is 13.8 Å². The lowest BCUT2D eigenvalue weighted by Gasteiger charge is -2.14. The molecule has 2 aromatic rings. The van der Waals surface area contributed by atoms with Gasteiger partial charge < -0.3 is 14.8 Å². The predicted molar refractivity (Wildman–Crippen MR) is 100 cm³/mol. The molecule has 2 rings (SSSR count). The number of carbonyl (C=O) groups excluding carboxylic acids is 1. The summed E-state index contributed by atoms with van der Waals surface area (Å²) in [7, 11) is 0. The van der Waals surface area contributed by atoms with E-state index >= 15 is 0 Å². The van der Waals surface area contributed by atoms with E-state index < -0.39 is 0 Å². The molecule has 0 aliphatic heterocycles. The zero-order valence-corrected chi connectivity index (χ0v) is 15.5. The van der Waals surface area contributed by atoms with Crippen molar-refractivity contribution in [2.45, 2.75) is 33.6 Å². The fourth-order valence-corrected chi connectivity index (χ4v) is 2.60. The molecular weight excluding hydrogens is 314 g/mol. The van der Waals surface area contributed by atoms with Crippen LogP contribution >= 0.6 is 0 Å². The van der Waals surface area contributed by atoms with Crippen LogP contribution in [0.4, 0.5) is 0 Å². The van der Waals surface area contributed by atoms with E-state index in [0.29, 0.717) is 19.1 Å². The van der Waals surface area contributed by atoms with Crippen LogP contribution in [0.2, 0.25) is 0 Å². The van der Waals surface area contributed by atoms with Crippen LogP contribution in [-0.4, -0.2) is 25.7 Å². The molecule has 2 aromatic carbocycles. The highest BCUT2D eigenvalue weighted by Gasteiger charge is 2.08. The summed E-state index contributed by atoms with van der Waals surface area (Å²) in [5.74, 6) is 1.86. The van der Waals surface area contributed by atoms with Gasteiger partial charge in [-0.2, -0.15) is 0 Å². The van der Waals surface area contributed by atoms with Crippen molar-refractivity contribution >= 4 is 5.91 Å². The van der Waals surface area contributed by atoms with Gasteiger partial charge in [-0.05, 0) is 43.0 Å². The zero-order chi connectivity index (χ0) is 18.2. The smallest absolute Gasteiger partial charge is 0.258 e. The summed E-state index contributed by atoms with van der Waals surface area (Å²) in [6, 6.07) is 13.9. The van der Waals surface area contributed by atoms with E-state index in [1.807, 2.05) is 50.2 Å². The molecule has 1 N–H and O–H groups in total. The van der Waals surface area contributed by atoms with Crippen LogP contribution in [-0.2, 0) is 4.79 Å². The van der Waals surface area contributed by atoms with Crippen molar-refractivity contribution in [3.05, 3.63) is 59.2 Å². The molecule has 0 atom stereocenters. The zero-order valence-electron chi connectivity index (χ0n) is 15.5. The van der Waals surface area contributed by atoms with Gasteiger partial charge in [0.2, 0.25) is 0 Å². The van der Waals surface area contributed by atoms with Crippen LogP contribution in [0.1, 0.15) is 36.5 Å². The molecule has 0 saturated carbocycles. The van der Waals surface area contributed by atoms with Crippen molar-refractivity contribution in [1.82, 2.24) is 5.32 Å². The highest BCUT2D eigenvalue weighted by molar-refractivity contribution is 5.77. The minimum absolute atomic E-state index is 0.00643. The molecule has 134 valence electrons. The molecule has 0 saturated heterocycles. The van der Waals surface area contributed by atoms with E-state index in [9.17, 15) is 4.79 Å². The minimum atomic E-state index is -0.152. The largest absolute Gasteiger partial charge is 0.491 e. The maximum Gasteiger partial charge on any atom is 0.258 e. The Balaban J connectivity index is 1.72. The third kappa shape index (κ3) is 5.82. The molecule has 0 heterocycles. The Kier molecular flexibility index (Phi) is 6.87. The topological polar surface area (TPSA) is 47.6 Å². The lowest BCUT2D eigenvalue weighted by Crippen LogP contribution is -2.32. The highest BCUT2D eigenvalue weighted by Crippen LogP contribution is 2.25.